The van der Waals surface area contributed by atoms with Crippen LogP contribution in [0.15, 0.2) is 0 Å². The van der Waals surface area contributed by atoms with Crippen LogP contribution >= 0.6 is 0 Å². The minimum absolute atomic E-state index is 0.150. The molecule has 0 spiro atoms. The molecular formula is C46H82O25. The summed E-state index contributed by atoms with van der Waals surface area (Å²) in [7, 11) is 0. The molecule has 5 saturated heterocycles. The van der Waals surface area contributed by atoms with Crippen LogP contribution in [0.2, 0.25) is 0 Å². The molecule has 14 N–H and O–H groups in total. The largest absolute Gasteiger partial charge is 0.481 e. The number of carboxylic acids is 1. The van der Waals surface area contributed by atoms with Gasteiger partial charge in [-0.2, -0.15) is 0 Å². The molecule has 0 aromatic heterocycles. The van der Waals surface area contributed by atoms with Gasteiger partial charge in [-0.1, -0.05) is 64.7 Å². The van der Waals surface area contributed by atoms with Gasteiger partial charge in [0.15, 0.2) is 31.5 Å². The lowest BCUT2D eigenvalue weighted by Crippen LogP contribution is -2.67. The van der Waals surface area contributed by atoms with Crippen LogP contribution in [-0.2, 0) is 52.2 Å². The maximum atomic E-state index is 11.9. The lowest BCUT2D eigenvalue weighted by Gasteiger charge is -2.50. The number of rotatable bonds is 26. The van der Waals surface area contributed by atoms with E-state index in [4.69, 9.17) is 52.5 Å². The Hall–Kier alpha value is -1.45. The average Bonchev–Trinajstić information content (AvgIpc) is 3.34. The van der Waals surface area contributed by atoms with Gasteiger partial charge in [0.2, 0.25) is 0 Å². The SMILES string of the molecule is CCCCCC(CCCCCCCCCC(=O)O)O[C@@H]1O[C@H](CO)[C@@H](O)[C@H](O)[C@H]1O[C@@H]1O[C@@H](C)[C@H](O[C@@H]2O[C@@H](C)[C@H](O[C@@H]3O[C@@H](C)[C@H](O)[C@@H](O)[C@H]3O)[C@@H](O[C@@H]3O[C@H](CO)[C@@H](O)[C@H](O)[C@H]3O)[C@H]2O)[C@@H](O)[C@H]1O. The number of aliphatic hydroxyl groups excluding tert-OH is 13. The molecule has 0 saturated carbocycles. The number of carbonyl (C=O) groups is 1. The highest BCUT2D eigenvalue weighted by Gasteiger charge is 2.56. The Kier molecular flexibility index (Phi) is 24.3. The Balaban J connectivity index is 1.28. The summed E-state index contributed by atoms with van der Waals surface area (Å²) in [5.41, 5.74) is 0. The fourth-order valence-electron chi connectivity index (χ4n) is 9.61. The summed E-state index contributed by atoms with van der Waals surface area (Å²) in [6, 6.07) is 0. The summed E-state index contributed by atoms with van der Waals surface area (Å²) in [6.07, 6.45) is -31.0. The first-order valence-corrected chi connectivity index (χ1v) is 25.2. The number of aliphatic hydroxyl groups is 13. The maximum absolute atomic E-state index is 11.9. The predicted molar refractivity (Wildman–Crippen MR) is 238 cm³/mol. The fraction of sp³-hybridized carbons (Fsp3) is 0.978. The van der Waals surface area contributed by atoms with Crippen molar-refractivity contribution in [2.75, 3.05) is 13.2 Å². The van der Waals surface area contributed by atoms with Gasteiger partial charge in [-0.05, 0) is 40.0 Å². The third kappa shape index (κ3) is 15.6. The molecule has 0 amide bonds. The molecule has 0 bridgehead atoms. The topological polar surface area (TPSA) is 393 Å². The highest BCUT2D eigenvalue weighted by molar-refractivity contribution is 5.66. The number of ether oxygens (including phenoxy) is 10. The van der Waals surface area contributed by atoms with Crippen LogP contribution in [0.4, 0.5) is 0 Å². The van der Waals surface area contributed by atoms with Crippen molar-refractivity contribution in [1.82, 2.24) is 0 Å². The minimum Gasteiger partial charge on any atom is -0.481 e. The van der Waals surface area contributed by atoms with Gasteiger partial charge in [0.25, 0.3) is 0 Å². The molecule has 5 aliphatic heterocycles. The summed E-state index contributed by atoms with van der Waals surface area (Å²) in [5.74, 6) is -0.807. The van der Waals surface area contributed by atoms with Gasteiger partial charge in [-0.15, -0.1) is 0 Å². The number of unbranched alkanes of at least 4 members (excludes halogenated alkanes) is 8. The third-order valence-corrected chi connectivity index (χ3v) is 14.0. The van der Waals surface area contributed by atoms with E-state index in [-0.39, 0.29) is 6.42 Å². The zero-order valence-corrected chi connectivity index (χ0v) is 40.9. The zero-order chi connectivity index (χ0) is 52.3. The van der Waals surface area contributed by atoms with E-state index in [9.17, 15) is 71.2 Å². The highest BCUT2D eigenvalue weighted by Crippen LogP contribution is 2.37. The van der Waals surface area contributed by atoms with Crippen LogP contribution in [0.1, 0.15) is 111 Å². The van der Waals surface area contributed by atoms with Gasteiger partial charge < -0.3 is 119 Å². The van der Waals surface area contributed by atoms with Crippen molar-refractivity contribution in [3.05, 3.63) is 0 Å². The van der Waals surface area contributed by atoms with E-state index in [1.807, 2.05) is 0 Å². The smallest absolute Gasteiger partial charge is 0.303 e. The van der Waals surface area contributed by atoms with Crippen molar-refractivity contribution in [3.8, 4) is 0 Å². The molecule has 1 unspecified atom stereocenters. The molecule has 5 aliphatic rings. The van der Waals surface area contributed by atoms with E-state index in [2.05, 4.69) is 6.92 Å². The minimum atomic E-state index is -1.98. The number of carboxylic acid groups (broad SMARTS) is 1. The van der Waals surface area contributed by atoms with Crippen molar-refractivity contribution in [2.45, 2.75) is 271 Å². The Labute approximate surface area is 413 Å². The van der Waals surface area contributed by atoms with Gasteiger partial charge in [0, 0.05) is 6.42 Å². The van der Waals surface area contributed by atoms with E-state index in [0.29, 0.717) is 19.3 Å². The molecule has 25 heteroatoms. The van der Waals surface area contributed by atoms with Crippen LogP contribution < -0.4 is 0 Å². The van der Waals surface area contributed by atoms with E-state index in [1.54, 1.807) is 0 Å². The second-order valence-electron chi connectivity index (χ2n) is 19.5. The number of aliphatic carboxylic acids is 1. The fourth-order valence-corrected chi connectivity index (χ4v) is 9.61. The average molecular weight is 1040 g/mol. The third-order valence-electron chi connectivity index (χ3n) is 14.0. The van der Waals surface area contributed by atoms with E-state index >= 15 is 0 Å². The van der Waals surface area contributed by atoms with E-state index in [1.165, 1.54) is 20.8 Å². The van der Waals surface area contributed by atoms with Crippen molar-refractivity contribution < 1.29 is 124 Å². The summed E-state index contributed by atoms with van der Waals surface area (Å²) in [4.78, 5) is 10.8. The van der Waals surface area contributed by atoms with Crippen molar-refractivity contribution >= 4 is 5.97 Å². The van der Waals surface area contributed by atoms with E-state index < -0.39 is 179 Å². The summed E-state index contributed by atoms with van der Waals surface area (Å²) in [6.45, 7) is 4.83. The standard InChI is InChI=1S/C46H82O25/c1-5-6-12-15-23(16-13-10-8-7-9-11-14-17-26(49)50)65-46-41(32(56)29(53)25(19-48)67-46)71-43-36(60)33(57)38(21(3)63-43)68-45-37(61)40(70-44-35(59)31(55)28(52)24(18-47)66-44)39(22(4)64-45)69-42-34(58)30(54)27(51)20(2)62-42/h20-25,27-48,51-61H,5-19H2,1-4H3,(H,49,50)/t20-,21-,22-,23?,24+,25+,27-,28+,29+,30+,31-,32-,33-,34+,35+,36+,37+,38-,39-,40-,41+,42-,43-,44-,45-,46+/m0/s1. The molecule has 5 heterocycles. The Morgan fingerprint density at radius 3 is 1.41 bits per heavy atom. The first-order valence-electron chi connectivity index (χ1n) is 25.2. The van der Waals surface area contributed by atoms with Crippen LogP contribution in [0.25, 0.3) is 0 Å². The van der Waals surface area contributed by atoms with Gasteiger partial charge >= 0.3 is 5.97 Å². The van der Waals surface area contributed by atoms with Gasteiger partial charge in [-0.3, -0.25) is 4.79 Å². The van der Waals surface area contributed by atoms with Gasteiger partial charge in [0.1, 0.15) is 104 Å². The quantitative estimate of drug-likeness (QED) is 0.0378. The molecule has 5 rings (SSSR count). The van der Waals surface area contributed by atoms with Crippen molar-refractivity contribution in [3.63, 3.8) is 0 Å². The van der Waals surface area contributed by atoms with E-state index in [0.717, 1.165) is 57.8 Å². The normalized spacial score (nSPS) is 44.9. The molecule has 25 nitrogen and oxygen atoms in total. The van der Waals surface area contributed by atoms with Crippen LogP contribution in [0.5, 0.6) is 0 Å². The number of hydrogen-bond acceptors (Lipinski definition) is 24. The summed E-state index contributed by atoms with van der Waals surface area (Å²) < 4.78 is 59.8. The van der Waals surface area contributed by atoms with Crippen LogP contribution in [-0.4, -0.2) is 250 Å². The first kappa shape index (κ1) is 60.4. The lowest BCUT2D eigenvalue weighted by molar-refractivity contribution is -0.400. The van der Waals surface area contributed by atoms with Crippen LogP contribution in [0, 0.1) is 0 Å². The Morgan fingerprint density at radius 1 is 0.423 bits per heavy atom. The molecule has 0 aliphatic carbocycles. The summed E-state index contributed by atoms with van der Waals surface area (Å²) in [5, 5.41) is 149. The van der Waals surface area contributed by atoms with Gasteiger partial charge in [0.05, 0.1) is 37.6 Å². The van der Waals surface area contributed by atoms with Crippen molar-refractivity contribution in [2.24, 2.45) is 0 Å². The second kappa shape index (κ2) is 28.6. The molecule has 416 valence electrons. The molecule has 71 heavy (non-hydrogen) atoms. The van der Waals surface area contributed by atoms with Gasteiger partial charge in [-0.25, -0.2) is 0 Å². The molecule has 0 aromatic carbocycles. The zero-order valence-electron chi connectivity index (χ0n) is 40.9. The molecule has 0 radical (unpaired) electrons. The Morgan fingerprint density at radius 2 is 0.831 bits per heavy atom. The summed E-state index contributed by atoms with van der Waals surface area (Å²) >= 11 is 0. The molecular weight excluding hydrogens is 952 g/mol. The number of hydrogen-bond donors (Lipinski definition) is 14. The monoisotopic (exact) mass is 1030 g/mol. The lowest BCUT2D eigenvalue weighted by atomic mass is 9.95. The highest BCUT2D eigenvalue weighted by atomic mass is 16.8. The maximum Gasteiger partial charge on any atom is 0.303 e. The Bertz CT molecular complexity index is 1540. The predicted octanol–water partition coefficient (Wildman–Crippen LogP) is -3.27. The molecule has 0 aromatic rings. The van der Waals surface area contributed by atoms with Crippen molar-refractivity contribution in [1.29, 1.82) is 0 Å². The van der Waals surface area contributed by atoms with Crippen LogP contribution in [0.3, 0.4) is 0 Å². The second-order valence-corrected chi connectivity index (χ2v) is 19.5. The molecule has 5 fully saturated rings. The first-order chi connectivity index (χ1) is 33.7. The molecule has 26 atom stereocenters.